The fourth-order valence-electron chi connectivity index (χ4n) is 3.18. The minimum atomic E-state index is -1.43. The number of carbonyl (C=O) groups excluding carboxylic acids is 3. The van der Waals surface area contributed by atoms with E-state index in [2.05, 4.69) is 5.32 Å². The molecule has 0 spiro atoms. The molecular weight excluding hydrogens is 402 g/mol. The van der Waals surface area contributed by atoms with Gasteiger partial charge in [-0.2, -0.15) is 4.89 Å². The van der Waals surface area contributed by atoms with Crippen molar-refractivity contribution < 1.29 is 33.6 Å². The summed E-state index contributed by atoms with van der Waals surface area (Å²) in [6.07, 6.45) is -0.914. The molecule has 0 radical (unpaired) electrons. The van der Waals surface area contributed by atoms with Gasteiger partial charge >= 0.3 is 18.0 Å². The average molecular weight is 428 g/mol. The molecule has 0 saturated carbocycles. The number of benzene rings is 1. The lowest BCUT2D eigenvalue weighted by molar-refractivity contribution is -0.264. The summed E-state index contributed by atoms with van der Waals surface area (Å²) in [5.41, 5.74) is -0.612. The van der Waals surface area contributed by atoms with Crippen LogP contribution < -0.4 is 5.32 Å². The highest BCUT2D eigenvalue weighted by atomic mass is 35.5. The van der Waals surface area contributed by atoms with Gasteiger partial charge in [0.25, 0.3) is 0 Å². The van der Waals surface area contributed by atoms with E-state index >= 15 is 0 Å². The summed E-state index contributed by atoms with van der Waals surface area (Å²) >= 11 is 5.41. The quantitative estimate of drug-likeness (QED) is 0.366. The number of hydrogen-bond acceptors (Lipinski definition) is 7. The molecule has 8 nitrogen and oxygen atoms in total. The van der Waals surface area contributed by atoms with Crippen LogP contribution in [0, 0.1) is 11.8 Å². The Kier molecular flexibility index (Phi) is 8.28. The van der Waals surface area contributed by atoms with Gasteiger partial charge in [0.1, 0.15) is 12.7 Å². The molecule has 2 rings (SSSR count). The summed E-state index contributed by atoms with van der Waals surface area (Å²) in [6.45, 7) is 5.28. The fourth-order valence-corrected chi connectivity index (χ4v) is 3.29. The molecule has 1 saturated heterocycles. The lowest BCUT2D eigenvalue weighted by Crippen LogP contribution is -2.62. The molecule has 2 unspecified atom stereocenters. The smallest absolute Gasteiger partial charge is 0.408 e. The fraction of sp³-hybridized carbons (Fsp3) is 0.550. The van der Waals surface area contributed by atoms with Crippen molar-refractivity contribution in [2.45, 2.75) is 51.9 Å². The molecule has 0 aliphatic carbocycles. The molecule has 1 amide bonds. The van der Waals surface area contributed by atoms with Gasteiger partial charge in [0.2, 0.25) is 0 Å². The molecule has 29 heavy (non-hydrogen) atoms. The number of ether oxygens (including phenoxy) is 2. The standard InChI is InChI=1S/C20H26ClNO7/c1-13(2)20(22-19(25)26-11-15-7-5-4-6-8-15)16(28-29-18(20)24)10-9-14(3)17(23)27-12-21/h4-8,13-14,16H,9-12H2,1-3H3,(H,22,25)/t14?,16?,20-/m1/s1. The van der Waals surface area contributed by atoms with Crippen LogP contribution in [-0.4, -0.2) is 35.7 Å². The largest absolute Gasteiger partial charge is 0.449 e. The van der Waals surface area contributed by atoms with Gasteiger partial charge in [-0.25, -0.2) is 9.59 Å². The van der Waals surface area contributed by atoms with Crippen LogP contribution in [-0.2, 0) is 35.4 Å². The van der Waals surface area contributed by atoms with Crippen molar-refractivity contribution in [1.82, 2.24) is 5.32 Å². The normalized spacial score (nSPS) is 22.1. The molecule has 1 N–H and O–H groups in total. The van der Waals surface area contributed by atoms with Crippen LogP contribution in [0.15, 0.2) is 30.3 Å². The van der Waals surface area contributed by atoms with Crippen molar-refractivity contribution in [2.75, 3.05) is 6.07 Å². The summed E-state index contributed by atoms with van der Waals surface area (Å²) in [7, 11) is 0. The van der Waals surface area contributed by atoms with Crippen LogP contribution in [0.3, 0.4) is 0 Å². The van der Waals surface area contributed by atoms with Gasteiger partial charge in [0.05, 0.1) is 5.92 Å². The van der Waals surface area contributed by atoms with Crippen LogP contribution in [0.25, 0.3) is 0 Å². The molecule has 1 aliphatic heterocycles. The summed E-state index contributed by atoms with van der Waals surface area (Å²) in [5, 5.41) is 2.64. The highest BCUT2D eigenvalue weighted by Gasteiger charge is 2.58. The number of rotatable bonds is 9. The summed E-state index contributed by atoms with van der Waals surface area (Å²) < 4.78 is 10.0. The van der Waals surface area contributed by atoms with E-state index in [1.807, 2.05) is 30.3 Å². The van der Waals surface area contributed by atoms with Gasteiger partial charge in [-0.1, -0.05) is 62.7 Å². The van der Waals surface area contributed by atoms with Crippen molar-refractivity contribution in [2.24, 2.45) is 11.8 Å². The van der Waals surface area contributed by atoms with Gasteiger partial charge in [0, 0.05) is 0 Å². The molecule has 9 heteroatoms. The Hall–Kier alpha value is -2.32. The second-order valence-corrected chi connectivity index (χ2v) is 7.44. The number of hydrogen-bond donors (Lipinski definition) is 1. The van der Waals surface area contributed by atoms with Gasteiger partial charge in [-0.15, -0.1) is 0 Å². The summed E-state index contributed by atoms with van der Waals surface area (Å²) in [6, 6.07) is 8.94. The van der Waals surface area contributed by atoms with E-state index in [-0.39, 0.29) is 25.0 Å². The Morgan fingerprint density at radius 2 is 1.90 bits per heavy atom. The predicted octanol–water partition coefficient (Wildman–Crippen LogP) is 3.32. The SMILES string of the molecule is CC(CCC1OOC(=O)[C@@]1(NC(=O)OCc1ccccc1)C(C)C)C(=O)OCCl. The Bertz CT molecular complexity index is 712. The predicted molar refractivity (Wildman–Crippen MR) is 104 cm³/mol. The number of carbonyl (C=O) groups is 3. The third-order valence-electron chi connectivity index (χ3n) is 4.98. The van der Waals surface area contributed by atoms with Gasteiger partial charge in [0.15, 0.2) is 11.6 Å². The summed E-state index contributed by atoms with van der Waals surface area (Å²) in [5.74, 6) is -1.96. The molecule has 160 valence electrons. The van der Waals surface area contributed by atoms with E-state index in [9.17, 15) is 14.4 Å². The lowest BCUT2D eigenvalue weighted by Gasteiger charge is -2.33. The van der Waals surface area contributed by atoms with Crippen LogP contribution in [0.5, 0.6) is 0 Å². The Balaban J connectivity index is 2.04. The Labute approximate surface area is 174 Å². The maximum Gasteiger partial charge on any atom is 0.408 e. The maximum atomic E-state index is 12.5. The number of esters is 1. The molecule has 1 aliphatic rings. The van der Waals surface area contributed by atoms with Crippen LogP contribution >= 0.6 is 11.6 Å². The van der Waals surface area contributed by atoms with Crippen LogP contribution in [0.1, 0.15) is 39.2 Å². The maximum absolute atomic E-state index is 12.5. The van der Waals surface area contributed by atoms with Crippen LogP contribution in [0.4, 0.5) is 4.79 Å². The Morgan fingerprint density at radius 3 is 2.52 bits per heavy atom. The molecule has 1 aromatic rings. The third kappa shape index (κ3) is 5.61. The second-order valence-electron chi connectivity index (χ2n) is 7.22. The first-order valence-electron chi connectivity index (χ1n) is 9.40. The summed E-state index contributed by atoms with van der Waals surface area (Å²) in [4.78, 5) is 46.7. The third-order valence-corrected chi connectivity index (χ3v) is 5.09. The number of alkyl carbamates (subject to hydrolysis) is 1. The topological polar surface area (TPSA) is 100 Å². The van der Waals surface area contributed by atoms with Crippen molar-refractivity contribution in [3.8, 4) is 0 Å². The van der Waals surface area contributed by atoms with Gasteiger partial charge in [-0.05, 0) is 24.3 Å². The van der Waals surface area contributed by atoms with E-state index in [0.717, 1.165) is 5.56 Å². The monoisotopic (exact) mass is 427 g/mol. The minimum absolute atomic E-state index is 0.0583. The number of nitrogens with one attached hydrogen (secondary N) is 1. The number of halogens is 1. The first-order chi connectivity index (χ1) is 13.8. The van der Waals surface area contributed by atoms with E-state index in [1.165, 1.54) is 0 Å². The molecule has 0 aromatic heterocycles. The van der Waals surface area contributed by atoms with E-state index in [0.29, 0.717) is 6.42 Å². The second kappa shape index (κ2) is 10.5. The van der Waals surface area contributed by atoms with Gasteiger partial charge in [-0.3, -0.25) is 9.68 Å². The van der Waals surface area contributed by atoms with Crippen LogP contribution in [0.2, 0.25) is 0 Å². The zero-order chi connectivity index (χ0) is 21.4. The molecule has 3 atom stereocenters. The average Bonchev–Trinajstić information content (AvgIpc) is 3.02. The van der Waals surface area contributed by atoms with Gasteiger partial charge < -0.3 is 14.8 Å². The van der Waals surface area contributed by atoms with E-state index in [4.69, 9.17) is 30.8 Å². The van der Waals surface area contributed by atoms with E-state index < -0.39 is 35.6 Å². The zero-order valence-electron chi connectivity index (χ0n) is 16.7. The molecule has 1 fully saturated rings. The first kappa shape index (κ1) is 23.0. The van der Waals surface area contributed by atoms with Crippen molar-refractivity contribution in [3.63, 3.8) is 0 Å². The molecule has 0 bridgehead atoms. The Morgan fingerprint density at radius 1 is 1.21 bits per heavy atom. The first-order valence-corrected chi connectivity index (χ1v) is 9.94. The van der Waals surface area contributed by atoms with Crippen molar-refractivity contribution in [1.29, 1.82) is 0 Å². The lowest BCUT2D eigenvalue weighted by atomic mass is 9.79. The highest BCUT2D eigenvalue weighted by Crippen LogP contribution is 2.35. The minimum Gasteiger partial charge on any atom is -0.449 e. The number of alkyl halides is 1. The van der Waals surface area contributed by atoms with Crippen molar-refractivity contribution in [3.05, 3.63) is 35.9 Å². The molecule has 1 aromatic carbocycles. The molecular formula is C20H26ClNO7. The van der Waals surface area contributed by atoms with E-state index in [1.54, 1.807) is 20.8 Å². The number of amides is 1. The van der Waals surface area contributed by atoms with Crippen molar-refractivity contribution >= 4 is 29.6 Å². The molecule has 1 heterocycles. The highest BCUT2D eigenvalue weighted by molar-refractivity contribution is 6.17. The zero-order valence-corrected chi connectivity index (χ0v) is 17.4.